The van der Waals surface area contributed by atoms with Gasteiger partial charge in [-0.3, -0.25) is 4.79 Å². The number of carbonyl (C=O) groups excluding carboxylic acids is 2. The SMILES string of the molecule is CCCCOC(=O)c1ccc(NC(=O)C(C)Sc2cccc(N)c2)cc1. The van der Waals surface area contributed by atoms with Crippen molar-refractivity contribution in [2.45, 2.75) is 36.8 Å². The second-order valence-electron chi connectivity index (χ2n) is 5.89. The van der Waals surface area contributed by atoms with Crippen molar-refractivity contribution in [1.29, 1.82) is 0 Å². The molecule has 2 rings (SSSR count). The Morgan fingerprint density at radius 3 is 2.58 bits per heavy atom. The predicted molar refractivity (Wildman–Crippen MR) is 106 cm³/mol. The van der Waals surface area contributed by atoms with Crippen LogP contribution in [0.25, 0.3) is 0 Å². The monoisotopic (exact) mass is 372 g/mol. The van der Waals surface area contributed by atoms with Crippen LogP contribution in [-0.4, -0.2) is 23.7 Å². The fraction of sp³-hybridized carbons (Fsp3) is 0.300. The van der Waals surface area contributed by atoms with E-state index < -0.39 is 0 Å². The molecule has 5 nitrogen and oxygen atoms in total. The maximum atomic E-state index is 12.3. The molecule has 0 heterocycles. The molecular formula is C20H24N2O3S. The predicted octanol–water partition coefficient (Wildman–Crippen LogP) is 4.35. The van der Waals surface area contributed by atoms with E-state index >= 15 is 0 Å². The normalized spacial score (nSPS) is 11.6. The van der Waals surface area contributed by atoms with Crippen LogP contribution in [0.2, 0.25) is 0 Å². The van der Waals surface area contributed by atoms with Crippen LogP contribution in [0.15, 0.2) is 53.4 Å². The minimum atomic E-state index is -0.345. The Bertz CT molecular complexity index is 747. The van der Waals surface area contributed by atoms with Crippen molar-refractivity contribution in [3.63, 3.8) is 0 Å². The van der Waals surface area contributed by atoms with E-state index in [1.54, 1.807) is 24.3 Å². The Kier molecular flexibility index (Phi) is 7.53. The van der Waals surface area contributed by atoms with Crippen LogP contribution in [0.3, 0.4) is 0 Å². The number of esters is 1. The summed E-state index contributed by atoms with van der Waals surface area (Å²) in [6.07, 6.45) is 1.83. The van der Waals surface area contributed by atoms with E-state index in [9.17, 15) is 9.59 Å². The number of nitrogens with two attached hydrogens (primary N) is 1. The van der Waals surface area contributed by atoms with Crippen LogP contribution in [0.4, 0.5) is 11.4 Å². The highest BCUT2D eigenvalue weighted by molar-refractivity contribution is 8.00. The largest absolute Gasteiger partial charge is 0.462 e. The molecule has 0 aromatic heterocycles. The van der Waals surface area contributed by atoms with Crippen molar-refractivity contribution in [1.82, 2.24) is 0 Å². The minimum Gasteiger partial charge on any atom is -0.462 e. The van der Waals surface area contributed by atoms with Crippen molar-refractivity contribution in [2.75, 3.05) is 17.7 Å². The maximum Gasteiger partial charge on any atom is 0.338 e. The summed E-state index contributed by atoms with van der Waals surface area (Å²) in [5.41, 5.74) is 7.54. The first-order chi connectivity index (χ1) is 12.5. The molecule has 0 radical (unpaired) electrons. The second kappa shape index (κ2) is 9.87. The first-order valence-corrected chi connectivity index (χ1v) is 9.48. The number of benzene rings is 2. The molecule has 0 aliphatic carbocycles. The Morgan fingerprint density at radius 1 is 1.19 bits per heavy atom. The third-order valence-electron chi connectivity index (χ3n) is 3.66. The smallest absolute Gasteiger partial charge is 0.338 e. The highest BCUT2D eigenvalue weighted by Gasteiger charge is 2.15. The van der Waals surface area contributed by atoms with E-state index in [4.69, 9.17) is 10.5 Å². The lowest BCUT2D eigenvalue weighted by Crippen LogP contribution is -2.22. The number of hydrogen-bond acceptors (Lipinski definition) is 5. The molecule has 1 unspecified atom stereocenters. The topological polar surface area (TPSA) is 81.4 Å². The van der Waals surface area contributed by atoms with Gasteiger partial charge in [0.1, 0.15) is 0 Å². The van der Waals surface area contributed by atoms with Crippen LogP contribution < -0.4 is 11.1 Å². The molecule has 3 N–H and O–H groups in total. The molecule has 0 saturated carbocycles. The first kappa shape index (κ1) is 19.8. The van der Waals surface area contributed by atoms with Gasteiger partial charge in [-0.15, -0.1) is 11.8 Å². The van der Waals surface area contributed by atoms with Crippen LogP contribution in [-0.2, 0) is 9.53 Å². The average molecular weight is 372 g/mol. The second-order valence-corrected chi connectivity index (χ2v) is 7.30. The van der Waals surface area contributed by atoms with E-state index in [1.165, 1.54) is 11.8 Å². The van der Waals surface area contributed by atoms with Gasteiger partial charge in [0.15, 0.2) is 0 Å². The molecule has 26 heavy (non-hydrogen) atoms. The van der Waals surface area contributed by atoms with Gasteiger partial charge in [-0.2, -0.15) is 0 Å². The summed E-state index contributed by atoms with van der Waals surface area (Å²) < 4.78 is 5.16. The van der Waals surface area contributed by atoms with Gasteiger partial charge in [0, 0.05) is 16.3 Å². The third-order valence-corrected chi connectivity index (χ3v) is 4.75. The molecule has 0 aliphatic heterocycles. The van der Waals surface area contributed by atoms with Crippen LogP contribution in [0.5, 0.6) is 0 Å². The van der Waals surface area contributed by atoms with E-state index in [1.807, 2.05) is 38.1 Å². The van der Waals surface area contributed by atoms with E-state index in [2.05, 4.69) is 5.32 Å². The lowest BCUT2D eigenvalue weighted by Gasteiger charge is -2.12. The van der Waals surface area contributed by atoms with Gasteiger partial charge in [0.25, 0.3) is 0 Å². The number of carbonyl (C=O) groups is 2. The summed E-state index contributed by atoms with van der Waals surface area (Å²) in [5.74, 6) is -0.461. The molecule has 0 aliphatic rings. The summed E-state index contributed by atoms with van der Waals surface area (Å²) in [6, 6.07) is 14.1. The summed E-state index contributed by atoms with van der Waals surface area (Å²) in [7, 11) is 0. The van der Waals surface area contributed by atoms with Crippen molar-refractivity contribution in [2.24, 2.45) is 0 Å². The Hall–Kier alpha value is -2.47. The third kappa shape index (κ3) is 6.11. The number of nitrogens with one attached hydrogen (secondary N) is 1. The molecule has 6 heteroatoms. The zero-order valence-electron chi connectivity index (χ0n) is 15.0. The highest BCUT2D eigenvalue weighted by atomic mass is 32.2. The number of ether oxygens (including phenoxy) is 1. The van der Waals surface area contributed by atoms with E-state index in [0.29, 0.717) is 23.5 Å². The molecule has 1 amide bonds. The molecular weight excluding hydrogens is 348 g/mol. The number of thioether (sulfide) groups is 1. The number of amides is 1. The van der Waals surface area contributed by atoms with Gasteiger partial charge >= 0.3 is 5.97 Å². The number of rotatable bonds is 8. The zero-order chi connectivity index (χ0) is 18.9. The van der Waals surface area contributed by atoms with E-state index in [0.717, 1.165) is 17.7 Å². The molecule has 0 spiro atoms. The molecule has 138 valence electrons. The van der Waals surface area contributed by atoms with Gasteiger partial charge in [0.05, 0.1) is 17.4 Å². The Balaban J connectivity index is 1.89. The molecule has 0 fully saturated rings. The van der Waals surface area contributed by atoms with Crippen molar-refractivity contribution < 1.29 is 14.3 Å². The maximum absolute atomic E-state index is 12.3. The average Bonchev–Trinajstić information content (AvgIpc) is 2.62. The number of nitrogen functional groups attached to an aromatic ring is 1. The standard InChI is InChI=1S/C20H24N2O3S/c1-3-4-12-25-20(24)15-8-10-17(11-9-15)22-19(23)14(2)26-18-7-5-6-16(21)13-18/h5-11,13-14H,3-4,12,21H2,1-2H3,(H,22,23). The van der Waals surface area contributed by atoms with Gasteiger partial charge in [-0.1, -0.05) is 19.4 Å². The number of unbranched alkanes of at least 4 members (excludes halogenated alkanes) is 1. The lowest BCUT2D eigenvalue weighted by molar-refractivity contribution is -0.115. The number of hydrogen-bond donors (Lipinski definition) is 2. The molecule has 2 aromatic rings. The van der Waals surface area contributed by atoms with Crippen molar-refractivity contribution in [3.05, 3.63) is 54.1 Å². The minimum absolute atomic E-state index is 0.115. The molecule has 2 aromatic carbocycles. The summed E-state index contributed by atoms with van der Waals surface area (Å²) >= 11 is 1.44. The summed E-state index contributed by atoms with van der Waals surface area (Å²) in [4.78, 5) is 25.2. The molecule has 1 atom stereocenters. The Morgan fingerprint density at radius 2 is 1.92 bits per heavy atom. The zero-order valence-corrected chi connectivity index (χ0v) is 15.8. The van der Waals surface area contributed by atoms with Gasteiger partial charge in [-0.05, 0) is 55.8 Å². The fourth-order valence-electron chi connectivity index (χ4n) is 2.17. The quantitative estimate of drug-likeness (QED) is 0.312. The fourth-order valence-corrected chi connectivity index (χ4v) is 3.11. The number of anilines is 2. The van der Waals surface area contributed by atoms with Gasteiger partial charge in [-0.25, -0.2) is 4.79 Å². The summed E-state index contributed by atoms with van der Waals surface area (Å²) in [5, 5.41) is 2.57. The van der Waals surface area contributed by atoms with Crippen LogP contribution in [0, 0.1) is 0 Å². The van der Waals surface area contributed by atoms with Crippen molar-refractivity contribution in [3.8, 4) is 0 Å². The molecule has 0 saturated heterocycles. The van der Waals surface area contributed by atoms with Crippen LogP contribution in [0.1, 0.15) is 37.0 Å². The lowest BCUT2D eigenvalue weighted by atomic mass is 10.2. The van der Waals surface area contributed by atoms with Crippen LogP contribution >= 0.6 is 11.8 Å². The highest BCUT2D eigenvalue weighted by Crippen LogP contribution is 2.25. The Labute approximate surface area is 158 Å². The first-order valence-electron chi connectivity index (χ1n) is 8.60. The van der Waals surface area contributed by atoms with Gasteiger partial charge in [0.2, 0.25) is 5.91 Å². The van der Waals surface area contributed by atoms with Gasteiger partial charge < -0.3 is 15.8 Å². The van der Waals surface area contributed by atoms with E-state index in [-0.39, 0.29) is 17.1 Å². The van der Waals surface area contributed by atoms with Crippen molar-refractivity contribution >= 4 is 35.0 Å². The molecule has 0 bridgehead atoms. The summed E-state index contributed by atoms with van der Waals surface area (Å²) in [6.45, 7) is 4.30.